The van der Waals surface area contributed by atoms with Crippen LogP contribution in [0.4, 0.5) is 0 Å². The number of ether oxygens (including phenoxy) is 1. The number of aromatic carboxylic acids is 1. The Labute approximate surface area is 132 Å². The van der Waals surface area contributed by atoms with E-state index < -0.39 is 17.7 Å². The van der Waals surface area contributed by atoms with Crippen molar-refractivity contribution in [1.82, 2.24) is 0 Å². The highest BCUT2D eigenvalue weighted by Crippen LogP contribution is 2.26. The van der Waals surface area contributed by atoms with Crippen molar-refractivity contribution in [1.29, 1.82) is 0 Å². The van der Waals surface area contributed by atoms with E-state index in [9.17, 15) is 19.5 Å². The molecule has 0 unspecified atom stereocenters. The molecule has 0 aliphatic carbocycles. The van der Waals surface area contributed by atoms with E-state index >= 15 is 0 Å². The first kappa shape index (κ1) is 16.2. The van der Waals surface area contributed by atoms with Crippen LogP contribution in [0.25, 0.3) is 0 Å². The van der Waals surface area contributed by atoms with E-state index in [4.69, 9.17) is 4.74 Å². The lowest BCUT2D eigenvalue weighted by Crippen LogP contribution is -2.15. The molecular formula is C18H14O5. The quantitative estimate of drug-likeness (QED) is 0.397. The maximum Gasteiger partial charge on any atom is 0.338 e. The Kier molecular flexibility index (Phi) is 4.71. The number of ketones is 1. The molecule has 1 N–H and O–H groups in total. The predicted octanol–water partition coefficient (Wildman–Crippen LogP) is 3.10. The summed E-state index contributed by atoms with van der Waals surface area (Å²) in [5.74, 6) is -2.65. The smallest absolute Gasteiger partial charge is 0.338 e. The number of carbonyl (C=O) groups is 3. The predicted molar refractivity (Wildman–Crippen MR) is 83.7 cm³/mol. The maximum atomic E-state index is 12.7. The van der Waals surface area contributed by atoms with E-state index in [2.05, 4.69) is 6.58 Å². The number of hydrogen-bond acceptors (Lipinski definition) is 4. The molecule has 2 aromatic rings. The van der Waals surface area contributed by atoms with Crippen LogP contribution in [-0.2, 0) is 4.79 Å². The van der Waals surface area contributed by atoms with Gasteiger partial charge in [-0.25, -0.2) is 9.59 Å². The average Bonchev–Trinajstić information content (AvgIpc) is 2.54. The molecule has 2 aromatic carbocycles. The molecule has 0 saturated heterocycles. The fourth-order valence-corrected chi connectivity index (χ4v) is 1.95. The Bertz CT molecular complexity index is 790. The van der Waals surface area contributed by atoms with Crippen molar-refractivity contribution >= 4 is 17.7 Å². The van der Waals surface area contributed by atoms with Crippen LogP contribution in [0.15, 0.2) is 60.7 Å². The summed E-state index contributed by atoms with van der Waals surface area (Å²) in [4.78, 5) is 35.8. The molecule has 0 amide bonds. The molecule has 116 valence electrons. The Morgan fingerprint density at radius 3 is 2.22 bits per heavy atom. The van der Waals surface area contributed by atoms with Gasteiger partial charge in [0.25, 0.3) is 0 Å². The van der Waals surface area contributed by atoms with Gasteiger partial charge in [0, 0.05) is 11.1 Å². The molecule has 0 spiro atoms. The molecule has 5 nitrogen and oxygen atoms in total. The summed E-state index contributed by atoms with van der Waals surface area (Å²) in [6.07, 6.45) is 0. The van der Waals surface area contributed by atoms with Crippen LogP contribution in [0.1, 0.15) is 33.2 Å². The first-order valence-corrected chi connectivity index (χ1v) is 6.75. The maximum absolute atomic E-state index is 12.7. The minimum absolute atomic E-state index is 0.105. The van der Waals surface area contributed by atoms with Crippen LogP contribution >= 0.6 is 0 Å². The van der Waals surface area contributed by atoms with Crippen LogP contribution in [0.5, 0.6) is 5.75 Å². The summed E-state index contributed by atoms with van der Waals surface area (Å²) >= 11 is 0. The van der Waals surface area contributed by atoms with Gasteiger partial charge in [0.05, 0.1) is 11.1 Å². The third-order valence-corrected chi connectivity index (χ3v) is 3.07. The number of carbonyl (C=O) groups excluding carboxylic acids is 2. The van der Waals surface area contributed by atoms with Crippen molar-refractivity contribution in [3.8, 4) is 5.75 Å². The molecule has 0 bridgehead atoms. The molecule has 0 heterocycles. The lowest BCUT2D eigenvalue weighted by Gasteiger charge is -2.12. The first-order valence-electron chi connectivity index (χ1n) is 6.75. The molecule has 0 fully saturated rings. The van der Waals surface area contributed by atoms with E-state index in [0.717, 1.165) is 0 Å². The van der Waals surface area contributed by atoms with Gasteiger partial charge in [-0.05, 0) is 19.1 Å². The zero-order valence-electron chi connectivity index (χ0n) is 12.4. The van der Waals surface area contributed by atoms with Crippen LogP contribution in [0.2, 0.25) is 0 Å². The largest absolute Gasteiger partial charge is 0.478 e. The van der Waals surface area contributed by atoms with E-state index in [0.29, 0.717) is 5.56 Å². The number of carboxylic acids is 1. The van der Waals surface area contributed by atoms with Gasteiger partial charge in [0.15, 0.2) is 5.78 Å². The van der Waals surface area contributed by atoms with Crippen molar-refractivity contribution in [3.63, 3.8) is 0 Å². The highest BCUT2D eigenvalue weighted by Gasteiger charge is 2.24. The molecule has 2 rings (SSSR count). The summed E-state index contributed by atoms with van der Waals surface area (Å²) in [6, 6.07) is 12.3. The van der Waals surface area contributed by atoms with Crippen molar-refractivity contribution in [2.75, 3.05) is 0 Å². The summed E-state index contributed by atoms with van der Waals surface area (Å²) in [7, 11) is 0. The van der Waals surface area contributed by atoms with Gasteiger partial charge in [-0.3, -0.25) is 4.79 Å². The van der Waals surface area contributed by atoms with E-state index in [-0.39, 0.29) is 22.4 Å². The van der Waals surface area contributed by atoms with Gasteiger partial charge in [0.1, 0.15) is 5.75 Å². The standard InChI is InChI=1S/C18H14O5/c1-11(2)18(22)23-14-10-6-9-13(17(20)21)15(14)16(19)12-7-4-3-5-8-12/h3-10H,1H2,2H3,(H,20,21). The number of hydrogen-bond donors (Lipinski definition) is 1. The van der Waals surface area contributed by atoms with Gasteiger partial charge in [-0.15, -0.1) is 0 Å². The highest BCUT2D eigenvalue weighted by molar-refractivity contribution is 6.16. The van der Waals surface area contributed by atoms with Crippen molar-refractivity contribution in [2.24, 2.45) is 0 Å². The van der Waals surface area contributed by atoms with Gasteiger partial charge in [-0.1, -0.05) is 43.0 Å². The monoisotopic (exact) mass is 310 g/mol. The minimum Gasteiger partial charge on any atom is -0.478 e. The summed E-state index contributed by atoms with van der Waals surface area (Å²) in [5.41, 5.74) is 0.0457. The van der Waals surface area contributed by atoms with Crippen molar-refractivity contribution in [3.05, 3.63) is 77.4 Å². The molecule has 0 aromatic heterocycles. The van der Waals surface area contributed by atoms with Gasteiger partial charge >= 0.3 is 11.9 Å². The van der Waals surface area contributed by atoms with E-state index in [1.165, 1.54) is 25.1 Å². The normalized spacial score (nSPS) is 9.96. The second-order valence-corrected chi connectivity index (χ2v) is 4.85. The third-order valence-electron chi connectivity index (χ3n) is 3.07. The van der Waals surface area contributed by atoms with E-state index in [1.807, 2.05) is 0 Å². The van der Waals surface area contributed by atoms with Crippen molar-refractivity contribution in [2.45, 2.75) is 6.92 Å². The average molecular weight is 310 g/mol. The van der Waals surface area contributed by atoms with E-state index in [1.54, 1.807) is 30.3 Å². The van der Waals surface area contributed by atoms with Crippen LogP contribution in [0.3, 0.4) is 0 Å². The number of carboxylic acid groups (broad SMARTS) is 1. The van der Waals surface area contributed by atoms with Gasteiger partial charge in [0.2, 0.25) is 0 Å². The van der Waals surface area contributed by atoms with Crippen LogP contribution < -0.4 is 4.74 Å². The molecule has 23 heavy (non-hydrogen) atoms. The summed E-state index contributed by atoms with van der Waals surface area (Å²) < 4.78 is 5.12. The molecule has 5 heteroatoms. The Morgan fingerprint density at radius 2 is 1.65 bits per heavy atom. The highest BCUT2D eigenvalue weighted by atomic mass is 16.5. The number of benzene rings is 2. The third kappa shape index (κ3) is 3.52. The lowest BCUT2D eigenvalue weighted by molar-refractivity contribution is -0.130. The molecule has 0 saturated carbocycles. The minimum atomic E-state index is -1.28. The van der Waals surface area contributed by atoms with Gasteiger partial charge in [-0.2, -0.15) is 0 Å². The number of rotatable bonds is 5. The molecule has 0 radical (unpaired) electrons. The Morgan fingerprint density at radius 1 is 1.00 bits per heavy atom. The topological polar surface area (TPSA) is 80.7 Å². The van der Waals surface area contributed by atoms with Crippen LogP contribution in [0, 0.1) is 0 Å². The molecular weight excluding hydrogens is 296 g/mol. The second kappa shape index (κ2) is 6.70. The zero-order valence-corrected chi connectivity index (χ0v) is 12.4. The molecule has 0 aliphatic rings. The fraction of sp³-hybridized carbons (Fsp3) is 0.0556. The van der Waals surface area contributed by atoms with Gasteiger partial charge < -0.3 is 9.84 Å². The number of esters is 1. The summed E-state index contributed by atoms with van der Waals surface area (Å²) in [6.45, 7) is 4.93. The molecule has 0 aliphatic heterocycles. The van der Waals surface area contributed by atoms with Crippen LogP contribution in [-0.4, -0.2) is 22.8 Å². The fourth-order valence-electron chi connectivity index (χ4n) is 1.95. The second-order valence-electron chi connectivity index (χ2n) is 4.85. The SMILES string of the molecule is C=C(C)C(=O)Oc1cccc(C(=O)O)c1C(=O)c1ccccc1. The Balaban J connectivity index is 2.58. The first-order chi connectivity index (χ1) is 10.9. The zero-order chi connectivity index (χ0) is 17.0. The molecule has 0 atom stereocenters. The summed E-state index contributed by atoms with van der Waals surface area (Å²) in [5, 5.41) is 9.32. The Hall–Kier alpha value is -3.21. The van der Waals surface area contributed by atoms with Crippen molar-refractivity contribution < 1.29 is 24.2 Å². The lowest BCUT2D eigenvalue weighted by atomic mass is 9.97.